The lowest BCUT2D eigenvalue weighted by Crippen LogP contribution is -1.96. The highest BCUT2D eigenvalue weighted by atomic mass is 35.7. The second kappa shape index (κ2) is 22.9. The molecule has 0 rings (SSSR count). The summed E-state index contributed by atoms with van der Waals surface area (Å²) in [5.41, 5.74) is 0. The van der Waals surface area contributed by atoms with Crippen molar-refractivity contribution in [2.24, 2.45) is 0 Å². The van der Waals surface area contributed by atoms with Crippen LogP contribution >= 0.6 is 10.7 Å². The van der Waals surface area contributed by atoms with E-state index in [1.54, 1.807) is 0 Å². The van der Waals surface area contributed by atoms with Gasteiger partial charge in [-0.1, -0.05) is 148 Å². The molecule has 176 valence electrons. The van der Waals surface area contributed by atoms with Crippen LogP contribution in [0.2, 0.25) is 0 Å². The minimum atomic E-state index is -3.28. The fourth-order valence-corrected chi connectivity index (χ4v) is 4.94. The lowest BCUT2D eigenvalue weighted by molar-refractivity contribution is 0.518. The smallest absolute Gasteiger partial charge is 0.212 e. The molecule has 2 nitrogen and oxygen atoms in total. The van der Waals surface area contributed by atoms with E-state index in [0.717, 1.165) is 12.8 Å². The summed E-state index contributed by atoms with van der Waals surface area (Å²) in [6.07, 6.45) is 31.1. The Bertz CT molecular complexity index is 409. The van der Waals surface area contributed by atoms with Gasteiger partial charge in [0, 0.05) is 10.7 Å². The molecule has 0 bridgehead atoms. The first-order chi connectivity index (χ1) is 14.1. The van der Waals surface area contributed by atoms with Gasteiger partial charge in [-0.15, -0.1) is 0 Å². The second-order valence-corrected chi connectivity index (χ2v) is 11.9. The predicted octanol–water partition coefficient (Wildman–Crippen LogP) is 9.55. The maximum absolute atomic E-state index is 10.8. The Morgan fingerprint density at radius 1 is 0.414 bits per heavy atom. The molecule has 0 radical (unpaired) electrons. The largest absolute Gasteiger partial charge is 0.232 e. The van der Waals surface area contributed by atoms with Gasteiger partial charge in [0.25, 0.3) is 0 Å². The van der Waals surface area contributed by atoms with Crippen LogP contribution in [0.5, 0.6) is 0 Å². The highest BCUT2D eigenvalue weighted by molar-refractivity contribution is 8.13. The monoisotopic (exact) mass is 450 g/mol. The molecular weight excluding hydrogens is 400 g/mol. The van der Waals surface area contributed by atoms with Crippen molar-refractivity contribution >= 4 is 19.7 Å². The SMILES string of the molecule is CCCCCCCCCCCCCCCCCCCCCCCCCS(=O)(=O)Cl. The lowest BCUT2D eigenvalue weighted by atomic mass is 10.0. The van der Waals surface area contributed by atoms with Crippen LogP contribution in [0.4, 0.5) is 0 Å². The minimum absolute atomic E-state index is 0.133. The molecule has 0 saturated heterocycles. The Balaban J connectivity index is 3.03. The van der Waals surface area contributed by atoms with E-state index in [1.165, 1.54) is 128 Å². The summed E-state index contributed by atoms with van der Waals surface area (Å²) in [4.78, 5) is 0. The molecule has 0 atom stereocenters. The van der Waals surface area contributed by atoms with E-state index >= 15 is 0 Å². The molecule has 0 amide bonds. The van der Waals surface area contributed by atoms with E-state index in [1.807, 2.05) is 0 Å². The molecule has 0 aromatic carbocycles. The highest BCUT2D eigenvalue weighted by Crippen LogP contribution is 2.15. The molecule has 0 aromatic rings. The van der Waals surface area contributed by atoms with E-state index in [-0.39, 0.29) is 5.75 Å². The van der Waals surface area contributed by atoms with Crippen molar-refractivity contribution in [1.82, 2.24) is 0 Å². The molecule has 0 fully saturated rings. The molecule has 0 aromatic heterocycles. The van der Waals surface area contributed by atoms with Crippen LogP contribution in [0, 0.1) is 0 Å². The van der Waals surface area contributed by atoms with Crippen molar-refractivity contribution in [3.05, 3.63) is 0 Å². The minimum Gasteiger partial charge on any atom is -0.212 e. The average molecular weight is 451 g/mol. The van der Waals surface area contributed by atoms with Gasteiger partial charge in [-0.05, 0) is 6.42 Å². The van der Waals surface area contributed by atoms with Gasteiger partial charge in [0.1, 0.15) is 0 Å². The van der Waals surface area contributed by atoms with E-state index in [0.29, 0.717) is 6.42 Å². The van der Waals surface area contributed by atoms with Crippen LogP contribution < -0.4 is 0 Å². The zero-order chi connectivity index (χ0) is 21.5. The number of halogens is 1. The van der Waals surface area contributed by atoms with Crippen molar-refractivity contribution in [3.8, 4) is 0 Å². The summed E-state index contributed by atoms with van der Waals surface area (Å²) in [6.45, 7) is 2.29. The van der Waals surface area contributed by atoms with Crippen molar-refractivity contribution in [2.75, 3.05) is 5.75 Å². The number of rotatable bonds is 24. The third-order valence-corrected chi connectivity index (χ3v) is 7.23. The van der Waals surface area contributed by atoms with Crippen molar-refractivity contribution < 1.29 is 8.42 Å². The quantitative estimate of drug-likeness (QED) is 0.108. The Kier molecular flexibility index (Phi) is 23.1. The Labute approximate surface area is 188 Å². The van der Waals surface area contributed by atoms with Crippen molar-refractivity contribution in [3.63, 3.8) is 0 Å². The maximum Gasteiger partial charge on any atom is 0.232 e. The van der Waals surface area contributed by atoms with Crippen LogP contribution in [-0.2, 0) is 9.05 Å². The summed E-state index contributed by atoms with van der Waals surface area (Å²) in [7, 11) is 1.92. The Morgan fingerprint density at radius 2 is 0.621 bits per heavy atom. The van der Waals surface area contributed by atoms with Crippen LogP contribution in [0.25, 0.3) is 0 Å². The van der Waals surface area contributed by atoms with Gasteiger partial charge in [-0.3, -0.25) is 0 Å². The summed E-state index contributed by atoms with van der Waals surface area (Å²) >= 11 is 0. The summed E-state index contributed by atoms with van der Waals surface area (Å²) < 4.78 is 21.6. The zero-order valence-corrected chi connectivity index (χ0v) is 21.1. The maximum atomic E-state index is 10.8. The van der Waals surface area contributed by atoms with Gasteiger partial charge < -0.3 is 0 Å². The van der Waals surface area contributed by atoms with E-state index in [9.17, 15) is 8.42 Å². The van der Waals surface area contributed by atoms with Crippen molar-refractivity contribution in [1.29, 1.82) is 0 Å². The average Bonchev–Trinajstić information content (AvgIpc) is 2.67. The second-order valence-electron chi connectivity index (χ2n) is 9.02. The molecule has 0 unspecified atom stereocenters. The molecule has 0 heterocycles. The van der Waals surface area contributed by atoms with Gasteiger partial charge in [0.05, 0.1) is 5.75 Å². The molecule has 0 aliphatic heterocycles. The van der Waals surface area contributed by atoms with Gasteiger partial charge >= 0.3 is 0 Å². The first kappa shape index (κ1) is 29.2. The van der Waals surface area contributed by atoms with Gasteiger partial charge in [-0.2, -0.15) is 0 Å². The predicted molar refractivity (Wildman–Crippen MR) is 132 cm³/mol. The van der Waals surface area contributed by atoms with Crippen LogP contribution in [0.3, 0.4) is 0 Å². The third-order valence-electron chi connectivity index (χ3n) is 5.99. The summed E-state index contributed by atoms with van der Waals surface area (Å²) in [5, 5.41) is 0. The molecule has 29 heavy (non-hydrogen) atoms. The number of hydrogen-bond donors (Lipinski definition) is 0. The van der Waals surface area contributed by atoms with Gasteiger partial charge in [0.15, 0.2) is 0 Å². The standard InChI is InChI=1S/C25H51ClO2S/c1-2-3-4-5-6-7-8-9-10-11-12-13-14-15-16-17-18-19-20-21-22-23-24-25-29(26,27)28/h2-25H2,1H3. The Morgan fingerprint density at radius 3 is 0.828 bits per heavy atom. The van der Waals surface area contributed by atoms with Gasteiger partial charge in [-0.25, -0.2) is 8.42 Å². The van der Waals surface area contributed by atoms with Crippen molar-refractivity contribution in [2.45, 2.75) is 155 Å². The fraction of sp³-hybridized carbons (Fsp3) is 1.00. The Hall–Kier alpha value is 0.240. The van der Waals surface area contributed by atoms with Crippen LogP contribution in [-0.4, -0.2) is 14.2 Å². The fourth-order valence-electron chi connectivity index (χ4n) is 4.06. The molecule has 0 aliphatic rings. The topological polar surface area (TPSA) is 34.1 Å². The van der Waals surface area contributed by atoms with Gasteiger partial charge in [0.2, 0.25) is 9.05 Å². The molecule has 4 heteroatoms. The first-order valence-electron chi connectivity index (χ1n) is 13.0. The highest BCUT2D eigenvalue weighted by Gasteiger charge is 2.03. The molecule has 0 spiro atoms. The number of unbranched alkanes of at least 4 members (excludes halogenated alkanes) is 22. The lowest BCUT2D eigenvalue weighted by Gasteiger charge is -2.04. The van der Waals surface area contributed by atoms with E-state index in [4.69, 9.17) is 10.7 Å². The number of hydrogen-bond acceptors (Lipinski definition) is 2. The third kappa shape index (κ3) is 28.2. The summed E-state index contributed by atoms with van der Waals surface area (Å²) in [6, 6.07) is 0. The van der Waals surface area contributed by atoms with Crippen LogP contribution in [0.15, 0.2) is 0 Å². The summed E-state index contributed by atoms with van der Waals surface area (Å²) in [5.74, 6) is 0.133. The zero-order valence-electron chi connectivity index (χ0n) is 19.6. The van der Waals surface area contributed by atoms with Crippen LogP contribution in [0.1, 0.15) is 155 Å². The van der Waals surface area contributed by atoms with E-state index < -0.39 is 9.05 Å². The molecule has 0 saturated carbocycles. The molecular formula is C25H51ClO2S. The molecule has 0 N–H and O–H groups in total. The molecule has 0 aliphatic carbocycles. The van der Waals surface area contributed by atoms with E-state index in [2.05, 4.69) is 6.92 Å². The normalized spacial score (nSPS) is 11.9. The first-order valence-corrected chi connectivity index (χ1v) is 15.5.